The third kappa shape index (κ3) is 3.68. The van der Waals surface area contributed by atoms with Gasteiger partial charge in [-0.3, -0.25) is 4.79 Å². The van der Waals surface area contributed by atoms with E-state index < -0.39 is 6.04 Å². The Kier molecular flexibility index (Phi) is 4.75. The van der Waals surface area contributed by atoms with E-state index in [1.807, 2.05) is 17.5 Å². The molecule has 1 aliphatic heterocycles. The number of ether oxygens (including phenoxy) is 1. The summed E-state index contributed by atoms with van der Waals surface area (Å²) in [5, 5.41) is 7.18. The maximum Gasteiger partial charge on any atom is 0.315 e. The zero-order chi connectivity index (χ0) is 13.7. The molecule has 3 amide bonds. The number of nitrogens with zero attached hydrogens (tertiary/aromatic N) is 1. The lowest BCUT2D eigenvalue weighted by Gasteiger charge is -2.24. The van der Waals surface area contributed by atoms with Crippen LogP contribution < -0.4 is 10.6 Å². The van der Waals surface area contributed by atoms with Gasteiger partial charge in [-0.05, 0) is 11.4 Å². The van der Waals surface area contributed by atoms with Crippen molar-refractivity contribution in [2.45, 2.75) is 12.6 Å². The van der Waals surface area contributed by atoms with Crippen LogP contribution in [-0.4, -0.2) is 49.7 Å². The number of carbonyl (C=O) groups excluding carboxylic acids is 2. The van der Waals surface area contributed by atoms with E-state index in [2.05, 4.69) is 10.6 Å². The molecule has 7 heteroatoms. The largest absolute Gasteiger partial charge is 0.383 e. The third-order valence-electron chi connectivity index (χ3n) is 2.87. The summed E-state index contributed by atoms with van der Waals surface area (Å²) in [6.45, 7) is 1.88. The number of rotatable bonds is 6. The first-order valence-electron chi connectivity index (χ1n) is 6.05. The normalized spacial score (nSPS) is 17.9. The summed E-state index contributed by atoms with van der Waals surface area (Å²) < 4.78 is 5.03. The highest BCUT2D eigenvalue weighted by molar-refractivity contribution is 7.09. The molecule has 0 spiro atoms. The van der Waals surface area contributed by atoms with Crippen LogP contribution in [-0.2, 0) is 16.1 Å². The second-order valence-electron chi connectivity index (χ2n) is 4.24. The topological polar surface area (TPSA) is 70.7 Å². The van der Waals surface area contributed by atoms with Crippen molar-refractivity contribution in [1.29, 1.82) is 0 Å². The smallest absolute Gasteiger partial charge is 0.315 e. The van der Waals surface area contributed by atoms with Gasteiger partial charge in [-0.2, -0.15) is 0 Å². The zero-order valence-electron chi connectivity index (χ0n) is 10.7. The van der Waals surface area contributed by atoms with Gasteiger partial charge in [-0.1, -0.05) is 6.07 Å². The fourth-order valence-electron chi connectivity index (χ4n) is 1.88. The number of thiophene rings is 1. The second kappa shape index (κ2) is 6.53. The van der Waals surface area contributed by atoms with Crippen LogP contribution in [0.15, 0.2) is 17.5 Å². The molecule has 0 saturated carbocycles. The van der Waals surface area contributed by atoms with E-state index in [9.17, 15) is 9.59 Å². The van der Waals surface area contributed by atoms with Gasteiger partial charge in [-0.25, -0.2) is 4.79 Å². The number of hydrogen-bond donors (Lipinski definition) is 2. The van der Waals surface area contributed by atoms with Gasteiger partial charge in [0, 0.05) is 25.1 Å². The van der Waals surface area contributed by atoms with Crippen molar-refractivity contribution in [2.24, 2.45) is 0 Å². The Bertz CT molecular complexity index is 435. The van der Waals surface area contributed by atoms with Crippen LogP contribution in [0.5, 0.6) is 0 Å². The molecule has 6 nitrogen and oxygen atoms in total. The molecule has 1 aromatic rings. The van der Waals surface area contributed by atoms with Gasteiger partial charge in [0.05, 0.1) is 13.2 Å². The molecule has 1 aliphatic rings. The van der Waals surface area contributed by atoms with E-state index in [-0.39, 0.29) is 11.9 Å². The van der Waals surface area contributed by atoms with Gasteiger partial charge >= 0.3 is 6.03 Å². The summed E-state index contributed by atoms with van der Waals surface area (Å²) in [5.41, 5.74) is 0. The van der Waals surface area contributed by atoms with Crippen LogP contribution in [0.3, 0.4) is 0 Å². The minimum absolute atomic E-state index is 0.0798. The Labute approximate surface area is 115 Å². The summed E-state index contributed by atoms with van der Waals surface area (Å²) in [6, 6.07) is 3.17. The first-order chi connectivity index (χ1) is 9.20. The van der Waals surface area contributed by atoms with Crippen LogP contribution in [0.25, 0.3) is 0 Å². The zero-order valence-corrected chi connectivity index (χ0v) is 11.5. The van der Waals surface area contributed by atoms with E-state index in [0.29, 0.717) is 26.2 Å². The summed E-state index contributed by atoms with van der Waals surface area (Å²) in [4.78, 5) is 26.3. The first-order valence-corrected chi connectivity index (χ1v) is 6.93. The number of carbonyl (C=O) groups is 2. The molecule has 0 bridgehead atoms. The first kappa shape index (κ1) is 13.8. The van der Waals surface area contributed by atoms with Crippen LogP contribution in [0.2, 0.25) is 0 Å². The molecule has 2 N–H and O–H groups in total. The monoisotopic (exact) mass is 283 g/mol. The maximum absolute atomic E-state index is 12.3. The van der Waals surface area contributed by atoms with E-state index >= 15 is 0 Å². The summed E-state index contributed by atoms with van der Waals surface area (Å²) in [5.74, 6) is -0.0798. The van der Waals surface area contributed by atoms with Crippen molar-refractivity contribution in [3.05, 3.63) is 22.4 Å². The maximum atomic E-state index is 12.3. The lowest BCUT2D eigenvalue weighted by atomic mass is 10.2. The number of urea groups is 1. The van der Waals surface area contributed by atoms with Crippen LogP contribution in [0, 0.1) is 0 Å². The Morgan fingerprint density at radius 2 is 2.47 bits per heavy atom. The Balaban J connectivity index is 1.99. The molecule has 19 heavy (non-hydrogen) atoms. The molecule has 1 atom stereocenters. The lowest BCUT2D eigenvalue weighted by Crippen LogP contribution is -2.46. The quantitative estimate of drug-likeness (QED) is 0.794. The van der Waals surface area contributed by atoms with Crippen molar-refractivity contribution in [1.82, 2.24) is 15.5 Å². The van der Waals surface area contributed by atoms with E-state index in [1.54, 1.807) is 23.3 Å². The van der Waals surface area contributed by atoms with E-state index in [1.165, 1.54) is 0 Å². The lowest BCUT2D eigenvalue weighted by molar-refractivity contribution is -0.133. The minimum Gasteiger partial charge on any atom is -0.383 e. The average molecular weight is 283 g/mol. The highest BCUT2D eigenvalue weighted by atomic mass is 32.1. The average Bonchev–Trinajstić information content (AvgIpc) is 3.05. The molecule has 0 aromatic carbocycles. The van der Waals surface area contributed by atoms with Crippen molar-refractivity contribution in [2.75, 3.05) is 26.8 Å². The molecule has 2 rings (SSSR count). The van der Waals surface area contributed by atoms with Crippen LogP contribution in [0.1, 0.15) is 4.88 Å². The van der Waals surface area contributed by atoms with Crippen molar-refractivity contribution in [3.8, 4) is 0 Å². The van der Waals surface area contributed by atoms with E-state index in [0.717, 1.165) is 4.88 Å². The highest BCUT2D eigenvalue weighted by Gasteiger charge is 2.30. The number of amides is 3. The van der Waals surface area contributed by atoms with Crippen LogP contribution >= 0.6 is 11.3 Å². The molecule has 1 fully saturated rings. The molecule has 0 aliphatic carbocycles. The molecular weight excluding hydrogens is 266 g/mol. The predicted octanol–water partition coefficient (Wildman–Crippen LogP) is 0.405. The molecular formula is C12H17N3O3S. The van der Waals surface area contributed by atoms with E-state index in [4.69, 9.17) is 4.74 Å². The van der Waals surface area contributed by atoms with Crippen molar-refractivity contribution < 1.29 is 14.3 Å². The molecule has 1 saturated heterocycles. The number of hydrogen-bond acceptors (Lipinski definition) is 4. The fraction of sp³-hybridized carbons (Fsp3) is 0.500. The van der Waals surface area contributed by atoms with Crippen LogP contribution in [0.4, 0.5) is 4.79 Å². The van der Waals surface area contributed by atoms with Gasteiger partial charge < -0.3 is 20.3 Å². The number of nitrogens with one attached hydrogen (secondary N) is 2. The fourth-order valence-corrected chi connectivity index (χ4v) is 2.60. The van der Waals surface area contributed by atoms with Gasteiger partial charge in [0.25, 0.3) is 0 Å². The summed E-state index contributed by atoms with van der Waals surface area (Å²) in [6.07, 6.45) is 0. The second-order valence-corrected chi connectivity index (χ2v) is 5.27. The highest BCUT2D eigenvalue weighted by Crippen LogP contribution is 2.13. The predicted molar refractivity (Wildman–Crippen MR) is 71.9 cm³/mol. The Morgan fingerprint density at radius 1 is 1.63 bits per heavy atom. The standard InChI is InChI=1S/C12H17N3O3S/c1-18-5-4-15(8-9-3-2-6-19-9)11(16)10-7-13-12(17)14-10/h2-3,6,10H,4-5,7-8H2,1H3,(H2,13,14,17). The summed E-state index contributed by atoms with van der Waals surface area (Å²) >= 11 is 1.61. The van der Waals surface area contributed by atoms with Crippen molar-refractivity contribution in [3.63, 3.8) is 0 Å². The number of methoxy groups -OCH3 is 1. The van der Waals surface area contributed by atoms with Gasteiger partial charge in [0.2, 0.25) is 5.91 Å². The summed E-state index contributed by atoms with van der Waals surface area (Å²) in [7, 11) is 1.60. The van der Waals surface area contributed by atoms with Gasteiger partial charge in [-0.15, -0.1) is 11.3 Å². The molecule has 0 radical (unpaired) electrons. The molecule has 1 aromatic heterocycles. The molecule has 2 heterocycles. The SMILES string of the molecule is COCCN(Cc1cccs1)C(=O)C1CNC(=O)N1. The van der Waals surface area contributed by atoms with Crippen molar-refractivity contribution >= 4 is 23.3 Å². The molecule has 104 valence electrons. The Hall–Kier alpha value is -1.60. The molecule has 1 unspecified atom stereocenters. The third-order valence-corrected chi connectivity index (χ3v) is 3.74. The van der Waals surface area contributed by atoms with Gasteiger partial charge in [0.15, 0.2) is 0 Å². The minimum atomic E-state index is -0.482. The van der Waals surface area contributed by atoms with Gasteiger partial charge in [0.1, 0.15) is 6.04 Å². The Morgan fingerprint density at radius 3 is 3.05 bits per heavy atom.